The molecule has 1 aliphatic rings. The van der Waals surface area contributed by atoms with E-state index in [9.17, 15) is 35.5 Å². The molecule has 0 spiro atoms. The summed E-state index contributed by atoms with van der Waals surface area (Å²) < 4.78 is 94.5. The van der Waals surface area contributed by atoms with Crippen molar-refractivity contribution in [1.29, 1.82) is 0 Å². The lowest BCUT2D eigenvalue weighted by Crippen LogP contribution is -2.41. The van der Waals surface area contributed by atoms with Gasteiger partial charge in [-0.15, -0.1) is 0 Å². The van der Waals surface area contributed by atoms with Crippen LogP contribution >= 0.6 is 0 Å². The van der Waals surface area contributed by atoms with Crippen molar-refractivity contribution in [3.8, 4) is 0 Å². The van der Waals surface area contributed by atoms with Gasteiger partial charge in [-0.05, 0) is 36.6 Å². The fourth-order valence-corrected chi connectivity index (χ4v) is 4.69. The number of alkyl halides is 6. The zero-order valence-electron chi connectivity index (χ0n) is 19.5. The first-order valence-corrected chi connectivity index (χ1v) is 11.2. The molecule has 1 aromatic carbocycles. The lowest BCUT2D eigenvalue weighted by atomic mass is 9.71. The molecule has 0 saturated carbocycles. The van der Waals surface area contributed by atoms with Crippen LogP contribution in [0.25, 0.3) is 5.65 Å². The fourth-order valence-electron chi connectivity index (χ4n) is 4.69. The van der Waals surface area contributed by atoms with Gasteiger partial charge in [-0.25, -0.2) is 9.37 Å². The van der Waals surface area contributed by atoms with Gasteiger partial charge in [-0.2, -0.15) is 36.0 Å². The van der Waals surface area contributed by atoms with Crippen LogP contribution in [-0.4, -0.2) is 51.6 Å². The molecule has 3 heterocycles. The zero-order chi connectivity index (χ0) is 27.2. The van der Waals surface area contributed by atoms with Crippen molar-refractivity contribution in [2.75, 3.05) is 31.5 Å². The first-order valence-electron chi connectivity index (χ1n) is 11.2. The van der Waals surface area contributed by atoms with Gasteiger partial charge in [-0.3, -0.25) is 9.69 Å². The highest BCUT2D eigenvalue weighted by Crippen LogP contribution is 2.39. The number of hydrogen-bond donors (Lipinski definition) is 2. The normalized spacial score (nSPS) is 18.8. The monoisotopic (exact) mass is 532 g/mol. The van der Waals surface area contributed by atoms with Gasteiger partial charge in [-0.1, -0.05) is 19.1 Å². The van der Waals surface area contributed by atoms with Gasteiger partial charge in [0.1, 0.15) is 11.6 Å². The Morgan fingerprint density at radius 2 is 1.73 bits per heavy atom. The molecule has 37 heavy (non-hydrogen) atoms. The maximum absolute atomic E-state index is 13.6. The molecule has 7 nitrogen and oxygen atoms in total. The Morgan fingerprint density at radius 3 is 2.32 bits per heavy atom. The van der Waals surface area contributed by atoms with E-state index in [1.807, 2.05) is 11.8 Å². The second kappa shape index (κ2) is 9.47. The molecule has 2 unspecified atom stereocenters. The van der Waals surface area contributed by atoms with Crippen LogP contribution in [0.2, 0.25) is 0 Å². The number of carbonyl (C=O) groups excluding carboxylic acids is 1. The van der Waals surface area contributed by atoms with E-state index in [1.165, 1.54) is 12.1 Å². The summed E-state index contributed by atoms with van der Waals surface area (Å²) in [6, 6.07) is 6.63. The summed E-state index contributed by atoms with van der Waals surface area (Å²) in [4.78, 5) is 16.5. The van der Waals surface area contributed by atoms with Crippen LogP contribution in [0.3, 0.4) is 0 Å². The van der Waals surface area contributed by atoms with Crippen LogP contribution in [0.15, 0.2) is 36.4 Å². The summed E-state index contributed by atoms with van der Waals surface area (Å²) in [6.45, 7) is 2.77. The number of primary amides is 1. The van der Waals surface area contributed by atoms with Gasteiger partial charge >= 0.3 is 12.4 Å². The highest BCUT2D eigenvalue weighted by Gasteiger charge is 2.41. The van der Waals surface area contributed by atoms with E-state index in [4.69, 9.17) is 5.73 Å². The topological polar surface area (TPSA) is 88.6 Å². The van der Waals surface area contributed by atoms with Crippen LogP contribution in [0.1, 0.15) is 30.3 Å². The van der Waals surface area contributed by atoms with Crippen LogP contribution in [0.4, 0.5) is 36.6 Å². The molecule has 1 fully saturated rings. The third-order valence-electron chi connectivity index (χ3n) is 6.70. The van der Waals surface area contributed by atoms with Crippen LogP contribution < -0.4 is 11.1 Å². The molecule has 14 heteroatoms. The van der Waals surface area contributed by atoms with Gasteiger partial charge < -0.3 is 11.1 Å². The van der Waals surface area contributed by atoms with E-state index in [2.05, 4.69) is 15.4 Å². The average Bonchev–Trinajstić information content (AvgIpc) is 3.44. The summed E-state index contributed by atoms with van der Waals surface area (Å²) in [7, 11) is 0. The minimum absolute atomic E-state index is 0.0247. The smallest absolute Gasteiger partial charge is 0.369 e. The summed E-state index contributed by atoms with van der Waals surface area (Å²) >= 11 is 0. The molecule has 0 radical (unpaired) electrons. The predicted octanol–water partition coefficient (Wildman–Crippen LogP) is 4.08. The Balaban J connectivity index is 1.73. The molecule has 4 rings (SSSR count). The Morgan fingerprint density at radius 1 is 1.08 bits per heavy atom. The molecule has 0 bridgehead atoms. The fraction of sp³-hybridized carbons (Fsp3) is 0.435. The molecule has 2 aromatic heterocycles. The number of nitrogens with two attached hydrogens (primary N) is 1. The Bertz CT molecular complexity index is 1290. The van der Waals surface area contributed by atoms with Gasteiger partial charge in [0, 0.05) is 30.6 Å². The molecule has 3 N–H and O–H groups in total. The summed E-state index contributed by atoms with van der Waals surface area (Å²) in [5, 5.41) is 6.26. The zero-order valence-corrected chi connectivity index (χ0v) is 19.5. The van der Waals surface area contributed by atoms with Crippen molar-refractivity contribution in [1.82, 2.24) is 19.5 Å². The van der Waals surface area contributed by atoms with E-state index < -0.39 is 46.5 Å². The SMILES string of the molecule is CC(CNc1cc(C(F)(F)F)nc2cc(C(F)(F)F)nn12)(c1ccc(F)cc1)C1CCN(CC(N)=O)C1. The minimum Gasteiger partial charge on any atom is -0.369 e. The highest BCUT2D eigenvalue weighted by atomic mass is 19.4. The van der Waals surface area contributed by atoms with Crippen molar-refractivity contribution >= 4 is 17.4 Å². The number of rotatable bonds is 7. The van der Waals surface area contributed by atoms with Gasteiger partial charge in [0.15, 0.2) is 17.0 Å². The molecule has 200 valence electrons. The molecule has 1 aliphatic heterocycles. The molecule has 1 saturated heterocycles. The highest BCUT2D eigenvalue weighted by molar-refractivity contribution is 5.75. The Kier molecular flexibility index (Phi) is 6.82. The number of aromatic nitrogens is 3. The van der Waals surface area contributed by atoms with E-state index in [1.54, 1.807) is 12.1 Å². The van der Waals surface area contributed by atoms with Crippen molar-refractivity contribution < 1.29 is 35.5 Å². The number of anilines is 1. The van der Waals surface area contributed by atoms with Gasteiger partial charge in [0.25, 0.3) is 0 Å². The van der Waals surface area contributed by atoms with Crippen LogP contribution in [0.5, 0.6) is 0 Å². The lowest BCUT2D eigenvalue weighted by Gasteiger charge is -2.37. The van der Waals surface area contributed by atoms with E-state index >= 15 is 0 Å². The minimum atomic E-state index is -4.91. The standard InChI is InChI=1S/C23H23F7N6O/c1-21(13-2-4-15(24)5-3-13,14-6-7-35(10-14)11-18(31)37)12-32-19-8-16(22(25,26)27)33-20-9-17(23(28,29)30)34-36(19)20/h2-5,8-9,14,32H,6-7,10-12H2,1H3,(H2,31,37). The molecular formula is C23H23F7N6O. The number of fused-ring (bicyclic) bond motifs is 1. The number of nitrogens with zero attached hydrogens (tertiary/aromatic N) is 4. The molecule has 3 aromatic rings. The third-order valence-corrected chi connectivity index (χ3v) is 6.70. The van der Waals surface area contributed by atoms with Crippen molar-refractivity contribution in [2.45, 2.75) is 31.1 Å². The van der Waals surface area contributed by atoms with Crippen molar-refractivity contribution in [3.05, 3.63) is 59.2 Å². The quantitative estimate of drug-likeness (QED) is 0.448. The summed E-state index contributed by atoms with van der Waals surface area (Å²) in [6.07, 6.45) is -9.20. The predicted molar refractivity (Wildman–Crippen MR) is 119 cm³/mol. The van der Waals surface area contributed by atoms with Crippen molar-refractivity contribution in [3.63, 3.8) is 0 Å². The number of benzene rings is 1. The van der Waals surface area contributed by atoms with Crippen LogP contribution in [0, 0.1) is 11.7 Å². The third kappa shape index (κ3) is 5.63. The molecule has 0 aliphatic carbocycles. The Hall–Kier alpha value is -3.42. The summed E-state index contributed by atoms with van der Waals surface area (Å²) in [5.74, 6) is -1.48. The van der Waals surface area contributed by atoms with Crippen molar-refractivity contribution in [2.24, 2.45) is 11.7 Å². The first kappa shape index (κ1) is 26.6. The summed E-state index contributed by atoms with van der Waals surface area (Å²) in [5.41, 5.74) is 1.74. The lowest BCUT2D eigenvalue weighted by molar-refractivity contribution is -0.142. The van der Waals surface area contributed by atoms with E-state index in [-0.39, 0.29) is 24.8 Å². The van der Waals surface area contributed by atoms with E-state index in [0.717, 1.165) is 0 Å². The number of amides is 1. The molecule has 2 atom stereocenters. The van der Waals surface area contributed by atoms with Gasteiger partial charge in [0.2, 0.25) is 5.91 Å². The number of nitrogens with one attached hydrogen (secondary N) is 1. The van der Waals surface area contributed by atoms with Gasteiger partial charge in [0.05, 0.1) is 6.54 Å². The number of halogens is 7. The maximum atomic E-state index is 13.6. The maximum Gasteiger partial charge on any atom is 0.435 e. The second-order valence-electron chi connectivity index (χ2n) is 9.29. The average molecular weight is 532 g/mol. The molecule has 1 amide bonds. The van der Waals surface area contributed by atoms with Crippen LogP contribution in [-0.2, 0) is 22.6 Å². The second-order valence-corrected chi connectivity index (χ2v) is 9.29. The largest absolute Gasteiger partial charge is 0.435 e. The number of likely N-dealkylation sites (tertiary alicyclic amines) is 1. The Labute approximate surface area is 206 Å². The first-order chi connectivity index (χ1) is 17.2. The van der Waals surface area contributed by atoms with E-state index in [0.29, 0.717) is 41.7 Å². The number of hydrogen-bond acceptors (Lipinski definition) is 5. The molecular weight excluding hydrogens is 509 g/mol. The number of carbonyl (C=O) groups is 1.